The first-order chi connectivity index (χ1) is 14.1. The Morgan fingerprint density at radius 2 is 1.83 bits per heavy atom. The van der Waals surface area contributed by atoms with Gasteiger partial charge in [-0.05, 0) is 69.3 Å². The molecule has 5 heteroatoms. The number of rotatable bonds is 8. The lowest BCUT2D eigenvalue weighted by molar-refractivity contribution is -0.121. The zero-order valence-electron chi connectivity index (χ0n) is 17.7. The molecule has 1 unspecified atom stereocenters. The van der Waals surface area contributed by atoms with E-state index in [-0.39, 0.29) is 11.9 Å². The van der Waals surface area contributed by atoms with Gasteiger partial charge in [0.05, 0.1) is 25.9 Å². The number of benzene rings is 2. The molecule has 0 spiro atoms. The maximum absolute atomic E-state index is 12.8. The number of nitrogens with one attached hydrogen (secondary N) is 1. The van der Waals surface area contributed by atoms with Crippen molar-refractivity contribution in [1.82, 2.24) is 4.90 Å². The van der Waals surface area contributed by atoms with Gasteiger partial charge in [-0.25, -0.2) is 0 Å². The fourth-order valence-corrected chi connectivity index (χ4v) is 3.96. The number of hydrogen-bond acceptors (Lipinski definition) is 4. The highest BCUT2D eigenvalue weighted by atomic mass is 16.5. The van der Waals surface area contributed by atoms with E-state index in [9.17, 15) is 4.79 Å². The number of nitrogens with zero attached hydrogens (tertiary/aromatic N) is 1. The van der Waals surface area contributed by atoms with E-state index >= 15 is 0 Å². The Balaban J connectivity index is 1.50. The van der Waals surface area contributed by atoms with Gasteiger partial charge in [0.1, 0.15) is 11.5 Å². The Kier molecular flexibility index (Phi) is 7.53. The van der Waals surface area contributed by atoms with E-state index in [1.54, 1.807) is 26.4 Å². The molecular formula is C24H32N2O3. The number of methoxy groups -OCH3 is 2. The molecule has 1 fully saturated rings. The summed E-state index contributed by atoms with van der Waals surface area (Å²) < 4.78 is 10.6. The van der Waals surface area contributed by atoms with E-state index in [0.717, 1.165) is 38.3 Å². The second kappa shape index (κ2) is 10.3. The van der Waals surface area contributed by atoms with E-state index in [2.05, 4.69) is 40.5 Å². The third kappa shape index (κ3) is 5.73. The fraction of sp³-hybridized carbons (Fsp3) is 0.458. The van der Waals surface area contributed by atoms with Gasteiger partial charge in [0.25, 0.3) is 0 Å². The molecule has 2 aromatic rings. The molecule has 29 heavy (non-hydrogen) atoms. The van der Waals surface area contributed by atoms with Gasteiger partial charge in [-0.15, -0.1) is 0 Å². The minimum absolute atomic E-state index is 0.0145. The van der Waals surface area contributed by atoms with Gasteiger partial charge >= 0.3 is 0 Å². The number of carbonyl (C=O) groups is 1. The number of ether oxygens (including phenoxy) is 2. The SMILES string of the molecule is COc1ccc(OC)c(NC(=O)C(C)N2CCC(CCc3ccccc3)CC2)c1. The molecule has 156 valence electrons. The second-order valence-electron chi connectivity index (χ2n) is 7.74. The molecule has 1 atom stereocenters. The van der Waals surface area contributed by atoms with Crippen molar-refractivity contribution < 1.29 is 14.3 Å². The van der Waals surface area contributed by atoms with Crippen LogP contribution >= 0.6 is 0 Å². The number of amides is 1. The Labute approximate surface area is 174 Å². The highest BCUT2D eigenvalue weighted by Gasteiger charge is 2.27. The third-order valence-corrected chi connectivity index (χ3v) is 5.92. The van der Waals surface area contributed by atoms with Crippen LogP contribution in [0.5, 0.6) is 11.5 Å². The summed E-state index contributed by atoms with van der Waals surface area (Å²) in [5.74, 6) is 2.04. The Hall–Kier alpha value is -2.53. The van der Waals surface area contributed by atoms with Crippen LogP contribution in [0.4, 0.5) is 5.69 Å². The minimum atomic E-state index is -0.180. The average Bonchev–Trinajstić information content (AvgIpc) is 2.78. The first-order valence-electron chi connectivity index (χ1n) is 10.4. The van der Waals surface area contributed by atoms with Crippen LogP contribution < -0.4 is 14.8 Å². The van der Waals surface area contributed by atoms with Crippen LogP contribution in [-0.2, 0) is 11.2 Å². The van der Waals surface area contributed by atoms with Gasteiger partial charge in [0.15, 0.2) is 0 Å². The lowest BCUT2D eigenvalue weighted by Crippen LogP contribution is -2.46. The number of carbonyl (C=O) groups excluding carboxylic acids is 1. The smallest absolute Gasteiger partial charge is 0.241 e. The number of anilines is 1. The summed E-state index contributed by atoms with van der Waals surface area (Å²) >= 11 is 0. The summed E-state index contributed by atoms with van der Waals surface area (Å²) in [5.41, 5.74) is 2.05. The molecule has 1 heterocycles. The van der Waals surface area contributed by atoms with Crippen molar-refractivity contribution in [2.45, 2.75) is 38.6 Å². The molecule has 1 saturated heterocycles. The van der Waals surface area contributed by atoms with Crippen LogP contribution in [0.2, 0.25) is 0 Å². The maximum atomic E-state index is 12.8. The molecule has 0 saturated carbocycles. The number of aryl methyl sites for hydroxylation is 1. The zero-order chi connectivity index (χ0) is 20.6. The highest BCUT2D eigenvalue weighted by Crippen LogP contribution is 2.29. The largest absolute Gasteiger partial charge is 0.497 e. The van der Waals surface area contributed by atoms with Crippen molar-refractivity contribution in [2.75, 3.05) is 32.6 Å². The predicted molar refractivity (Wildman–Crippen MR) is 117 cm³/mol. The summed E-state index contributed by atoms with van der Waals surface area (Å²) in [6.45, 7) is 3.90. The lowest BCUT2D eigenvalue weighted by Gasteiger charge is -2.35. The lowest BCUT2D eigenvalue weighted by atomic mass is 9.90. The second-order valence-corrected chi connectivity index (χ2v) is 7.74. The van der Waals surface area contributed by atoms with Gasteiger partial charge in [-0.2, -0.15) is 0 Å². The monoisotopic (exact) mass is 396 g/mol. The zero-order valence-corrected chi connectivity index (χ0v) is 17.7. The van der Waals surface area contributed by atoms with Crippen molar-refractivity contribution in [1.29, 1.82) is 0 Å². The average molecular weight is 397 g/mol. The summed E-state index contributed by atoms with van der Waals surface area (Å²) in [5, 5.41) is 3.01. The molecule has 5 nitrogen and oxygen atoms in total. The van der Waals surface area contributed by atoms with Crippen molar-refractivity contribution in [2.24, 2.45) is 5.92 Å². The van der Waals surface area contributed by atoms with Crippen molar-refractivity contribution in [3.8, 4) is 11.5 Å². The van der Waals surface area contributed by atoms with E-state index in [0.29, 0.717) is 17.2 Å². The van der Waals surface area contributed by atoms with Gasteiger partial charge in [-0.3, -0.25) is 9.69 Å². The van der Waals surface area contributed by atoms with Gasteiger partial charge < -0.3 is 14.8 Å². The van der Waals surface area contributed by atoms with Crippen LogP contribution in [0, 0.1) is 5.92 Å². The number of likely N-dealkylation sites (tertiary alicyclic amines) is 1. The van der Waals surface area contributed by atoms with Gasteiger partial charge in [0.2, 0.25) is 5.91 Å². The third-order valence-electron chi connectivity index (χ3n) is 5.92. The van der Waals surface area contributed by atoms with Crippen molar-refractivity contribution in [3.63, 3.8) is 0 Å². The Morgan fingerprint density at radius 3 is 2.48 bits per heavy atom. The molecule has 0 aliphatic carbocycles. The molecule has 0 radical (unpaired) electrons. The minimum Gasteiger partial charge on any atom is -0.497 e. The predicted octanol–water partition coefficient (Wildman–Crippen LogP) is 4.38. The molecule has 0 bridgehead atoms. The molecule has 2 aromatic carbocycles. The first-order valence-corrected chi connectivity index (χ1v) is 10.4. The first kappa shape index (κ1) is 21.2. The molecule has 3 rings (SSSR count). The summed E-state index contributed by atoms with van der Waals surface area (Å²) in [6.07, 6.45) is 4.65. The van der Waals surface area contributed by atoms with Gasteiger partial charge in [0, 0.05) is 6.07 Å². The Morgan fingerprint density at radius 1 is 1.10 bits per heavy atom. The summed E-state index contributed by atoms with van der Waals surface area (Å²) in [4.78, 5) is 15.1. The molecule has 1 amide bonds. The van der Waals surface area contributed by atoms with E-state index < -0.39 is 0 Å². The van der Waals surface area contributed by atoms with E-state index in [4.69, 9.17) is 9.47 Å². The highest BCUT2D eigenvalue weighted by molar-refractivity contribution is 5.96. The van der Waals surface area contributed by atoms with Crippen LogP contribution in [-0.4, -0.2) is 44.2 Å². The summed E-state index contributed by atoms with van der Waals surface area (Å²) in [7, 11) is 3.21. The topological polar surface area (TPSA) is 50.8 Å². The number of piperidine rings is 1. The van der Waals surface area contributed by atoms with Crippen LogP contribution in [0.1, 0.15) is 31.7 Å². The molecule has 1 aliphatic rings. The van der Waals surface area contributed by atoms with Crippen LogP contribution in [0.25, 0.3) is 0 Å². The number of hydrogen-bond donors (Lipinski definition) is 1. The van der Waals surface area contributed by atoms with Gasteiger partial charge in [-0.1, -0.05) is 30.3 Å². The van der Waals surface area contributed by atoms with E-state index in [1.807, 2.05) is 13.0 Å². The standard InChI is InChI=1S/C24H32N2O3/c1-18(24(27)25-22-17-21(28-2)11-12-23(22)29-3)26-15-13-20(14-16-26)10-9-19-7-5-4-6-8-19/h4-8,11-12,17-18,20H,9-10,13-16H2,1-3H3,(H,25,27). The summed E-state index contributed by atoms with van der Waals surface area (Å²) in [6, 6.07) is 15.9. The molecule has 1 aliphatic heterocycles. The molecule has 1 N–H and O–H groups in total. The van der Waals surface area contributed by atoms with Crippen LogP contribution in [0.15, 0.2) is 48.5 Å². The molecule has 0 aromatic heterocycles. The Bertz CT molecular complexity index is 786. The quantitative estimate of drug-likeness (QED) is 0.720. The fourth-order valence-electron chi connectivity index (χ4n) is 3.96. The molecular weight excluding hydrogens is 364 g/mol. The normalized spacial score (nSPS) is 16.2. The van der Waals surface area contributed by atoms with Crippen molar-refractivity contribution >= 4 is 11.6 Å². The van der Waals surface area contributed by atoms with E-state index in [1.165, 1.54) is 12.0 Å². The maximum Gasteiger partial charge on any atom is 0.241 e. The van der Waals surface area contributed by atoms with Crippen LogP contribution in [0.3, 0.4) is 0 Å². The van der Waals surface area contributed by atoms with Crippen molar-refractivity contribution in [3.05, 3.63) is 54.1 Å².